The summed E-state index contributed by atoms with van der Waals surface area (Å²) >= 11 is 0. The number of pyridine rings is 1. The lowest BCUT2D eigenvalue weighted by Crippen LogP contribution is -2.45. The summed E-state index contributed by atoms with van der Waals surface area (Å²) in [5.74, 6) is 0. The van der Waals surface area contributed by atoms with E-state index in [1.165, 1.54) is 35.4 Å². The van der Waals surface area contributed by atoms with Crippen LogP contribution in [0.25, 0.3) is 27.7 Å². The number of aromatic nitrogens is 2. The largest absolute Gasteiger partial charge is 0.346 e. The first-order valence-corrected chi connectivity index (χ1v) is 13.3. The van der Waals surface area contributed by atoms with Gasteiger partial charge in [-0.3, -0.25) is 4.90 Å². The molecule has 2 N–H and O–H groups in total. The molecule has 36 heavy (non-hydrogen) atoms. The third-order valence-electron chi connectivity index (χ3n) is 7.39. The molecule has 0 saturated carbocycles. The number of likely N-dealkylation sites (N-methyl/N-ethyl adjacent to an activating group) is 1. The van der Waals surface area contributed by atoms with Crippen LogP contribution in [0, 0.1) is 0 Å². The fourth-order valence-electron chi connectivity index (χ4n) is 5.19. The normalized spacial score (nSPS) is 17.6. The predicted molar refractivity (Wildman–Crippen MR) is 147 cm³/mol. The maximum atomic E-state index is 12.3. The van der Waals surface area contributed by atoms with Crippen molar-refractivity contribution in [3.05, 3.63) is 59.9 Å². The van der Waals surface area contributed by atoms with Gasteiger partial charge in [0.2, 0.25) is 0 Å². The van der Waals surface area contributed by atoms with Crippen LogP contribution in [-0.4, -0.2) is 82.6 Å². The van der Waals surface area contributed by atoms with Crippen LogP contribution in [0.5, 0.6) is 0 Å². The van der Waals surface area contributed by atoms with Gasteiger partial charge < -0.3 is 20.1 Å². The minimum atomic E-state index is 0.00912. The summed E-state index contributed by atoms with van der Waals surface area (Å²) in [6, 6.07) is 11.3. The van der Waals surface area contributed by atoms with Gasteiger partial charge in [-0.1, -0.05) is 37.3 Å². The zero-order valence-electron chi connectivity index (χ0n) is 21.8. The number of benzene rings is 1. The van der Waals surface area contributed by atoms with Crippen molar-refractivity contribution in [3.8, 4) is 11.1 Å². The zero-order chi connectivity index (χ0) is 25.1. The Labute approximate surface area is 214 Å². The number of urea groups is 1. The second-order valence-corrected chi connectivity index (χ2v) is 10.3. The molecular formula is C29H38N6O. The number of fused-ring (bicyclic) bond motifs is 1. The van der Waals surface area contributed by atoms with Crippen LogP contribution < -0.4 is 5.32 Å². The van der Waals surface area contributed by atoms with E-state index < -0.39 is 0 Å². The standard InChI is InChI=1S/C29H38N6O/c1-4-33-13-15-34(16-14-33)20-22-5-7-23(8-6-22)25-17-26-27(19-31-28(26)30-18-25)24-9-11-35(12-10-24)29(36)32-21(2)3/h5-9,17-19,21H,4,10-16,20H2,1-3H3,(H,30,31)(H,32,36). The van der Waals surface area contributed by atoms with E-state index >= 15 is 0 Å². The maximum Gasteiger partial charge on any atom is 0.317 e. The highest BCUT2D eigenvalue weighted by Crippen LogP contribution is 2.31. The summed E-state index contributed by atoms with van der Waals surface area (Å²) < 4.78 is 0. The molecule has 2 amide bonds. The molecule has 0 bridgehead atoms. The molecule has 1 saturated heterocycles. The number of carbonyl (C=O) groups excluding carboxylic acids is 1. The molecule has 4 heterocycles. The van der Waals surface area contributed by atoms with Gasteiger partial charge in [0.15, 0.2) is 0 Å². The predicted octanol–water partition coefficient (Wildman–Crippen LogP) is 4.57. The van der Waals surface area contributed by atoms with Gasteiger partial charge in [-0.15, -0.1) is 0 Å². The number of amides is 2. The fourth-order valence-corrected chi connectivity index (χ4v) is 5.19. The summed E-state index contributed by atoms with van der Waals surface area (Å²) in [6.45, 7) is 14.3. The number of aromatic amines is 1. The zero-order valence-corrected chi connectivity index (χ0v) is 21.8. The van der Waals surface area contributed by atoms with Crippen molar-refractivity contribution >= 4 is 22.6 Å². The van der Waals surface area contributed by atoms with Crippen molar-refractivity contribution in [1.82, 2.24) is 30.0 Å². The second kappa shape index (κ2) is 10.8. The third kappa shape index (κ3) is 5.47. The lowest BCUT2D eigenvalue weighted by atomic mass is 9.98. The van der Waals surface area contributed by atoms with E-state index in [0.29, 0.717) is 6.54 Å². The van der Waals surface area contributed by atoms with E-state index in [1.54, 1.807) is 0 Å². The number of H-pyrrole nitrogens is 1. The molecule has 0 spiro atoms. The average Bonchev–Trinajstić information content (AvgIpc) is 3.32. The van der Waals surface area contributed by atoms with Crippen LogP contribution >= 0.6 is 0 Å². The van der Waals surface area contributed by atoms with E-state index in [0.717, 1.165) is 55.7 Å². The maximum absolute atomic E-state index is 12.3. The van der Waals surface area contributed by atoms with Crippen molar-refractivity contribution in [3.63, 3.8) is 0 Å². The Kier molecular flexibility index (Phi) is 7.39. The van der Waals surface area contributed by atoms with Crippen molar-refractivity contribution in [2.75, 3.05) is 45.8 Å². The monoisotopic (exact) mass is 486 g/mol. The molecule has 0 radical (unpaired) electrons. The number of rotatable bonds is 6. The van der Waals surface area contributed by atoms with Gasteiger partial charge in [0.05, 0.1) is 0 Å². The van der Waals surface area contributed by atoms with Crippen LogP contribution in [0.2, 0.25) is 0 Å². The summed E-state index contributed by atoms with van der Waals surface area (Å²) in [4.78, 5) is 27.3. The fraction of sp³-hybridized carbons (Fsp3) is 0.448. The van der Waals surface area contributed by atoms with Crippen molar-refractivity contribution in [1.29, 1.82) is 0 Å². The highest BCUT2D eigenvalue weighted by atomic mass is 16.2. The van der Waals surface area contributed by atoms with Gasteiger partial charge in [-0.25, -0.2) is 9.78 Å². The highest BCUT2D eigenvalue weighted by molar-refractivity contribution is 5.93. The van der Waals surface area contributed by atoms with Gasteiger partial charge in [-0.2, -0.15) is 0 Å². The Bertz CT molecular complexity index is 1220. The minimum Gasteiger partial charge on any atom is -0.346 e. The van der Waals surface area contributed by atoms with Gasteiger partial charge in [0.25, 0.3) is 0 Å². The van der Waals surface area contributed by atoms with Crippen LogP contribution in [0.15, 0.2) is 48.8 Å². The summed E-state index contributed by atoms with van der Waals surface area (Å²) in [7, 11) is 0. The Morgan fingerprint density at radius 1 is 1.06 bits per heavy atom. The molecule has 3 aromatic rings. The molecular weight excluding hydrogens is 448 g/mol. The number of hydrogen-bond acceptors (Lipinski definition) is 4. The Morgan fingerprint density at radius 2 is 1.81 bits per heavy atom. The molecule has 2 aliphatic heterocycles. The molecule has 1 aromatic carbocycles. The molecule has 0 aliphatic carbocycles. The number of nitrogens with zero attached hydrogens (tertiary/aromatic N) is 4. The van der Waals surface area contributed by atoms with E-state index in [1.807, 2.05) is 24.9 Å². The van der Waals surface area contributed by atoms with E-state index in [9.17, 15) is 4.79 Å². The quantitative estimate of drug-likeness (QED) is 0.536. The van der Waals surface area contributed by atoms with E-state index in [2.05, 4.69) is 69.6 Å². The smallest absolute Gasteiger partial charge is 0.317 e. The molecule has 7 nitrogen and oxygen atoms in total. The number of piperazine rings is 1. The lowest BCUT2D eigenvalue weighted by Gasteiger charge is -2.34. The SMILES string of the molecule is CCN1CCN(Cc2ccc(-c3cnc4[nH]cc(C5=CCN(C(=O)NC(C)C)CC5)c4c3)cc2)CC1. The summed E-state index contributed by atoms with van der Waals surface area (Å²) in [5, 5.41) is 4.12. The summed E-state index contributed by atoms with van der Waals surface area (Å²) in [5.41, 5.74) is 7.03. The van der Waals surface area contributed by atoms with Gasteiger partial charge in [0, 0.05) is 80.8 Å². The highest BCUT2D eigenvalue weighted by Gasteiger charge is 2.20. The second-order valence-electron chi connectivity index (χ2n) is 10.3. The van der Waals surface area contributed by atoms with Crippen LogP contribution in [0.4, 0.5) is 4.79 Å². The van der Waals surface area contributed by atoms with Gasteiger partial charge in [-0.05, 0) is 49.6 Å². The Morgan fingerprint density at radius 3 is 2.47 bits per heavy atom. The average molecular weight is 487 g/mol. The molecule has 0 atom stereocenters. The first kappa shape index (κ1) is 24.5. The van der Waals surface area contributed by atoms with Crippen molar-refractivity contribution < 1.29 is 4.79 Å². The van der Waals surface area contributed by atoms with Crippen LogP contribution in [-0.2, 0) is 6.54 Å². The molecule has 7 heteroatoms. The Balaban J connectivity index is 1.28. The first-order chi connectivity index (χ1) is 17.5. The van der Waals surface area contributed by atoms with Crippen molar-refractivity contribution in [2.24, 2.45) is 0 Å². The molecule has 190 valence electrons. The summed E-state index contributed by atoms with van der Waals surface area (Å²) in [6.07, 6.45) is 7.02. The molecule has 0 unspecified atom stereocenters. The van der Waals surface area contributed by atoms with Crippen LogP contribution in [0.3, 0.4) is 0 Å². The van der Waals surface area contributed by atoms with Gasteiger partial charge >= 0.3 is 6.03 Å². The first-order valence-electron chi connectivity index (χ1n) is 13.3. The number of carbonyl (C=O) groups is 1. The lowest BCUT2D eigenvalue weighted by molar-refractivity contribution is 0.132. The topological polar surface area (TPSA) is 67.5 Å². The molecule has 1 fully saturated rings. The van der Waals surface area contributed by atoms with Crippen molar-refractivity contribution in [2.45, 2.75) is 39.8 Å². The molecule has 5 rings (SSSR count). The van der Waals surface area contributed by atoms with Crippen LogP contribution in [0.1, 0.15) is 38.3 Å². The molecule has 2 aromatic heterocycles. The number of hydrogen-bond donors (Lipinski definition) is 2. The van der Waals surface area contributed by atoms with E-state index in [-0.39, 0.29) is 12.1 Å². The van der Waals surface area contributed by atoms with Gasteiger partial charge in [0.1, 0.15) is 5.65 Å². The third-order valence-corrected chi connectivity index (χ3v) is 7.39. The minimum absolute atomic E-state index is 0.00912. The molecule has 2 aliphatic rings. The van der Waals surface area contributed by atoms with E-state index in [4.69, 9.17) is 4.98 Å². The Hall–Kier alpha value is -3.16. The number of nitrogens with one attached hydrogen (secondary N) is 2.